The van der Waals surface area contributed by atoms with Crippen LogP contribution in [0.15, 0.2) is 0 Å². The van der Waals surface area contributed by atoms with Crippen molar-refractivity contribution in [3.63, 3.8) is 0 Å². The lowest BCUT2D eigenvalue weighted by molar-refractivity contribution is -0.140. The fourth-order valence-corrected chi connectivity index (χ4v) is 2.87. The molecule has 2 saturated heterocycles. The van der Waals surface area contributed by atoms with Gasteiger partial charge in [-0.2, -0.15) is 0 Å². The summed E-state index contributed by atoms with van der Waals surface area (Å²) in [4.78, 5) is 37.2. The van der Waals surface area contributed by atoms with Crippen molar-refractivity contribution < 1.29 is 19.5 Å². The molecule has 21 heavy (non-hydrogen) atoms. The van der Waals surface area contributed by atoms with Crippen LogP contribution in [0.5, 0.6) is 0 Å². The Morgan fingerprint density at radius 2 is 2.10 bits per heavy atom. The van der Waals surface area contributed by atoms with E-state index in [0.29, 0.717) is 13.0 Å². The first-order chi connectivity index (χ1) is 10.0. The number of amides is 3. The maximum absolute atomic E-state index is 12.4. The van der Waals surface area contributed by atoms with E-state index < -0.39 is 30.5 Å². The highest BCUT2D eigenvalue weighted by Gasteiger charge is 2.38. The third-order valence-corrected chi connectivity index (χ3v) is 4.04. The summed E-state index contributed by atoms with van der Waals surface area (Å²) >= 11 is 0. The van der Waals surface area contributed by atoms with Crippen LogP contribution < -0.4 is 16.4 Å². The molecule has 0 aromatic rings. The summed E-state index contributed by atoms with van der Waals surface area (Å²) in [5, 5.41) is 14.6. The van der Waals surface area contributed by atoms with E-state index in [-0.39, 0.29) is 11.9 Å². The summed E-state index contributed by atoms with van der Waals surface area (Å²) in [5.41, 5.74) is 5.08. The lowest BCUT2D eigenvalue weighted by Gasteiger charge is -2.27. The van der Waals surface area contributed by atoms with Crippen LogP contribution in [0, 0.1) is 0 Å². The van der Waals surface area contributed by atoms with Crippen molar-refractivity contribution in [2.24, 2.45) is 5.73 Å². The normalized spacial score (nSPS) is 26.6. The van der Waals surface area contributed by atoms with Crippen LogP contribution >= 0.6 is 0 Å². The molecule has 118 valence electrons. The lowest BCUT2D eigenvalue weighted by atomic mass is 10.1. The van der Waals surface area contributed by atoms with Crippen LogP contribution in [0.2, 0.25) is 0 Å². The molecule has 2 aliphatic rings. The van der Waals surface area contributed by atoms with Crippen LogP contribution in [0.1, 0.15) is 25.7 Å². The third-order valence-electron chi connectivity index (χ3n) is 4.04. The summed E-state index contributed by atoms with van der Waals surface area (Å²) < 4.78 is 0. The monoisotopic (exact) mass is 298 g/mol. The van der Waals surface area contributed by atoms with E-state index in [1.54, 1.807) is 4.90 Å². The van der Waals surface area contributed by atoms with Gasteiger partial charge in [0.2, 0.25) is 17.7 Å². The summed E-state index contributed by atoms with van der Waals surface area (Å²) in [5.74, 6) is -1.29. The molecule has 0 aliphatic carbocycles. The van der Waals surface area contributed by atoms with E-state index >= 15 is 0 Å². The molecule has 8 heteroatoms. The first-order valence-corrected chi connectivity index (χ1v) is 7.29. The number of primary amides is 1. The molecule has 0 aromatic heterocycles. The molecule has 5 N–H and O–H groups in total. The van der Waals surface area contributed by atoms with Gasteiger partial charge in [0.05, 0.1) is 12.6 Å². The molecule has 2 fully saturated rings. The highest BCUT2D eigenvalue weighted by Crippen LogP contribution is 2.20. The minimum atomic E-state index is -1.11. The van der Waals surface area contributed by atoms with Crippen molar-refractivity contribution in [3.8, 4) is 0 Å². The van der Waals surface area contributed by atoms with Gasteiger partial charge in [0.25, 0.3) is 0 Å². The predicted octanol–water partition coefficient (Wildman–Crippen LogP) is -2.31. The van der Waals surface area contributed by atoms with Crippen LogP contribution in [-0.2, 0) is 14.4 Å². The largest absolute Gasteiger partial charge is 0.394 e. The number of carbonyl (C=O) groups is 3. The fourth-order valence-electron chi connectivity index (χ4n) is 2.87. The van der Waals surface area contributed by atoms with Gasteiger partial charge in [-0.05, 0) is 32.2 Å². The quantitative estimate of drug-likeness (QED) is 0.454. The minimum absolute atomic E-state index is 0.0650. The Morgan fingerprint density at radius 3 is 2.67 bits per heavy atom. The molecule has 8 nitrogen and oxygen atoms in total. The summed E-state index contributed by atoms with van der Waals surface area (Å²) in [6.45, 7) is 0.802. The van der Waals surface area contributed by atoms with Gasteiger partial charge in [-0.1, -0.05) is 0 Å². The molecule has 0 bridgehead atoms. The number of rotatable bonds is 5. The number of aliphatic hydroxyl groups is 1. The Balaban J connectivity index is 1.98. The third kappa shape index (κ3) is 3.51. The average Bonchev–Trinajstić information content (AvgIpc) is 3.13. The number of carbonyl (C=O) groups excluding carboxylic acids is 3. The Kier molecular flexibility index (Phi) is 5.13. The first-order valence-electron chi connectivity index (χ1n) is 7.29. The van der Waals surface area contributed by atoms with Crippen molar-refractivity contribution in [2.45, 2.75) is 43.8 Å². The van der Waals surface area contributed by atoms with E-state index in [4.69, 9.17) is 10.8 Å². The van der Waals surface area contributed by atoms with E-state index in [0.717, 1.165) is 25.8 Å². The van der Waals surface area contributed by atoms with Gasteiger partial charge in [0.15, 0.2) is 0 Å². The molecule has 0 aromatic carbocycles. The Bertz CT molecular complexity index is 422. The molecule has 2 heterocycles. The first kappa shape index (κ1) is 15.7. The topological polar surface area (TPSA) is 125 Å². The molecule has 2 aliphatic heterocycles. The number of nitrogens with zero attached hydrogens (tertiary/aromatic N) is 1. The van der Waals surface area contributed by atoms with Gasteiger partial charge in [-0.3, -0.25) is 14.4 Å². The maximum Gasteiger partial charge on any atom is 0.243 e. The summed E-state index contributed by atoms with van der Waals surface area (Å²) in [7, 11) is 0. The van der Waals surface area contributed by atoms with Gasteiger partial charge >= 0.3 is 0 Å². The number of hydrogen-bond donors (Lipinski definition) is 4. The molecule has 0 saturated carbocycles. The zero-order valence-corrected chi connectivity index (χ0v) is 11.9. The second-order valence-corrected chi connectivity index (χ2v) is 5.48. The predicted molar refractivity (Wildman–Crippen MR) is 74.0 cm³/mol. The molecule has 1 unspecified atom stereocenters. The number of aliphatic hydroxyl groups excluding tert-OH is 1. The molecule has 0 spiro atoms. The smallest absolute Gasteiger partial charge is 0.243 e. The van der Waals surface area contributed by atoms with E-state index in [1.165, 1.54) is 0 Å². The molecule has 3 amide bonds. The van der Waals surface area contributed by atoms with Crippen molar-refractivity contribution >= 4 is 17.7 Å². The SMILES string of the molecule is NC(=O)C(CO)NC(=O)[C@@H]1CCCN1C(=O)[C@@H]1CCCN1. The number of nitrogens with one attached hydrogen (secondary N) is 2. The standard InChI is InChI=1S/C13H22N4O4/c14-11(19)9(7-18)16-12(20)10-4-2-6-17(10)13(21)8-3-1-5-15-8/h8-10,15,18H,1-7H2,(H2,14,19)(H,16,20)/t8-,9?,10-/m0/s1. The zero-order valence-electron chi connectivity index (χ0n) is 11.9. The minimum Gasteiger partial charge on any atom is -0.394 e. The van der Waals surface area contributed by atoms with E-state index in [1.807, 2.05) is 0 Å². The molecular formula is C13H22N4O4. The molecule has 2 rings (SSSR count). The number of hydrogen-bond acceptors (Lipinski definition) is 5. The average molecular weight is 298 g/mol. The van der Waals surface area contributed by atoms with Gasteiger partial charge in [-0.25, -0.2) is 0 Å². The van der Waals surface area contributed by atoms with E-state index in [2.05, 4.69) is 10.6 Å². The second-order valence-electron chi connectivity index (χ2n) is 5.48. The number of likely N-dealkylation sites (tertiary alicyclic amines) is 1. The van der Waals surface area contributed by atoms with Crippen LogP contribution in [-0.4, -0.2) is 65.5 Å². The fraction of sp³-hybridized carbons (Fsp3) is 0.769. The molecule has 3 atom stereocenters. The number of nitrogens with two attached hydrogens (primary N) is 1. The highest BCUT2D eigenvalue weighted by atomic mass is 16.3. The van der Waals surface area contributed by atoms with Crippen LogP contribution in [0.4, 0.5) is 0 Å². The van der Waals surface area contributed by atoms with Crippen molar-refractivity contribution in [1.82, 2.24) is 15.5 Å². The van der Waals surface area contributed by atoms with Gasteiger partial charge in [-0.15, -0.1) is 0 Å². The van der Waals surface area contributed by atoms with Gasteiger partial charge < -0.3 is 26.4 Å². The Labute approximate surface area is 123 Å². The maximum atomic E-state index is 12.4. The second kappa shape index (κ2) is 6.86. The summed E-state index contributed by atoms with van der Waals surface area (Å²) in [6, 6.07) is -1.92. The van der Waals surface area contributed by atoms with Crippen molar-refractivity contribution in [2.75, 3.05) is 19.7 Å². The highest BCUT2D eigenvalue weighted by molar-refractivity contribution is 5.93. The van der Waals surface area contributed by atoms with Crippen molar-refractivity contribution in [3.05, 3.63) is 0 Å². The zero-order chi connectivity index (χ0) is 15.4. The Morgan fingerprint density at radius 1 is 1.33 bits per heavy atom. The van der Waals surface area contributed by atoms with Gasteiger partial charge in [0, 0.05) is 6.54 Å². The summed E-state index contributed by atoms with van der Waals surface area (Å²) in [6.07, 6.45) is 3.04. The van der Waals surface area contributed by atoms with Gasteiger partial charge in [0.1, 0.15) is 12.1 Å². The molecule has 0 radical (unpaired) electrons. The Hall–Kier alpha value is -1.67. The van der Waals surface area contributed by atoms with Crippen LogP contribution in [0.25, 0.3) is 0 Å². The lowest BCUT2D eigenvalue weighted by Crippen LogP contribution is -2.55. The molecular weight excluding hydrogens is 276 g/mol. The van der Waals surface area contributed by atoms with Crippen molar-refractivity contribution in [1.29, 1.82) is 0 Å². The van der Waals surface area contributed by atoms with Crippen LogP contribution in [0.3, 0.4) is 0 Å². The van der Waals surface area contributed by atoms with E-state index in [9.17, 15) is 14.4 Å².